The summed E-state index contributed by atoms with van der Waals surface area (Å²) in [6, 6.07) is -0.649. The van der Waals surface area contributed by atoms with E-state index in [4.69, 9.17) is 4.74 Å². The molecule has 0 aromatic rings. The van der Waals surface area contributed by atoms with Crippen molar-refractivity contribution in [2.24, 2.45) is 0 Å². The van der Waals surface area contributed by atoms with Gasteiger partial charge in [-0.05, 0) is 77.0 Å². The first-order valence-corrected chi connectivity index (χ1v) is 25.3. The zero-order chi connectivity index (χ0) is 42.3. The lowest BCUT2D eigenvalue weighted by atomic mass is 10.0. The first kappa shape index (κ1) is 56.1. The van der Waals surface area contributed by atoms with Gasteiger partial charge in [-0.2, -0.15) is 0 Å². The van der Waals surface area contributed by atoms with Crippen molar-refractivity contribution in [2.45, 2.75) is 270 Å². The van der Waals surface area contributed by atoms with Crippen LogP contribution in [-0.4, -0.2) is 47.4 Å². The minimum atomic E-state index is -0.863. The molecule has 0 aliphatic heterocycles. The summed E-state index contributed by atoms with van der Waals surface area (Å²) in [5, 5.41) is 23.1. The second-order valence-electron chi connectivity index (χ2n) is 17.1. The molecule has 0 saturated carbocycles. The number of hydrogen-bond acceptors (Lipinski definition) is 5. The number of carbonyl (C=O) groups is 2. The Kier molecular flexibility index (Phi) is 46.2. The molecule has 0 aromatic heterocycles. The molecule has 0 rings (SSSR count). The molecule has 0 aliphatic carbocycles. The molecule has 0 aliphatic rings. The van der Waals surface area contributed by atoms with Crippen molar-refractivity contribution < 1.29 is 24.5 Å². The van der Waals surface area contributed by atoms with Gasteiger partial charge in [0.2, 0.25) is 5.91 Å². The van der Waals surface area contributed by atoms with Gasteiger partial charge in [0, 0.05) is 12.8 Å². The number of aliphatic hydroxyl groups excluding tert-OH is 2. The third-order valence-corrected chi connectivity index (χ3v) is 11.4. The average Bonchev–Trinajstić information content (AvgIpc) is 3.22. The van der Waals surface area contributed by atoms with Crippen LogP contribution >= 0.6 is 0 Å². The van der Waals surface area contributed by atoms with Gasteiger partial charge in [-0.15, -0.1) is 0 Å². The Morgan fingerprint density at radius 2 is 0.828 bits per heavy atom. The van der Waals surface area contributed by atoms with E-state index in [1.165, 1.54) is 148 Å². The van der Waals surface area contributed by atoms with E-state index >= 15 is 0 Å². The quantitative estimate of drug-likeness (QED) is 0.0323. The lowest BCUT2D eigenvalue weighted by molar-refractivity contribution is -0.143. The number of ether oxygens (including phenoxy) is 1. The van der Waals surface area contributed by atoms with Crippen LogP contribution in [0.4, 0.5) is 0 Å². The van der Waals surface area contributed by atoms with E-state index in [-0.39, 0.29) is 18.5 Å². The summed E-state index contributed by atoms with van der Waals surface area (Å²) >= 11 is 0. The van der Waals surface area contributed by atoms with E-state index in [1.807, 2.05) is 6.08 Å². The van der Waals surface area contributed by atoms with Gasteiger partial charge in [0.25, 0.3) is 0 Å². The number of hydrogen-bond donors (Lipinski definition) is 3. The number of carbonyl (C=O) groups excluding carboxylic acids is 2. The Bertz CT molecular complexity index is 946. The summed E-state index contributed by atoms with van der Waals surface area (Å²) in [5.41, 5.74) is 0. The molecule has 0 heterocycles. The summed E-state index contributed by atoms with van der Waals surface area (Å²) in [5.74, 6) is -0.142. The highest BCUT2D eigenvalue weighted by molar-refractivity contribution is 5.76. The number of amides is 1. The fraction of sp³-hybridized carbons (Fsp3) is 0.846. The van der Waals surface area contributed by atoms with Crippen LogP contribution in [0.1, 0.15) is 258 Å². The minimum Gasteiger partial charge on any atom is -0.466 e. The number of nitrogens with one attached hydrogen (secondary N) is 1. The summed E-state index contributed by atoms with van der Waals surface area (Å²) in [6.07, 6.45) is 57.2. The van der Waals surface area contributed by atoms with Crippen LogP contribution < -0.4 is 5.32 Å². The Balaban J connectivity index is 3.58. The van der Waals surface area contributed by atoms with Gasteiger partial charge in [0.05, 0.1) is 25.4 Å². The van der Waals surface area contributed by atoms with Gasteiger partial charge >= 0.3 is 5.97 Å². The summed E-state index contributed by atoms with van der Waals surface area (Å²) < 4.78 is 5.41. The fourth-order valence-electron chi connectivity index (χ4n) is 7.43. The first-order valence-electron chi connectivity index (χ1n) is 25.3. The normalized spacial score (nSPS) is 13.0. The van der Waals surface area contributed by atoms with Crippen molar-refractivity contribution in [3.63, 3.8) is 0 Å². The maximum absolute atomic E-state index is 12.4. The van der Waals surface area contributed by atoms with E-state index in [1.54, 1.807) is 6.08 Å². The summed E-state index contributed by atoms with van der Waals surface area (Å²) in [7, 11) is 0. The van der Waals surface area contributed by atoms with E-state index < -0.39 is 12.1 Å². The van der Waals surface area contributed by atoms with E-state index in [9.17, 15) is 19.8 Å². The maximum atomic E-state index is 12.4. The van der Waals surface area contributed by atoms with Crippen molar-refractivity contribution in [3.05, 3.63) is 36.5 Å². The molecule has 0 bridgehead atoms. The van der Waals surface area contributed by atoms with Gasteiger partial charge in [-0.1, -0.05) is 204 Å². The molecule has 3 N–H and O–H groups in total. The Morgan fingerprint density at radius 1 is 0.466 bits per heavy atom. The predicted octanol–water partition coefficient (Wildman–Crippen LogP) is 14.9. The molecule has 2 atom stereocenters. The molecule has 340 valence electrons. The summed E-state index contributed by atoms with van der Waals surface area (Å²) in [6.45, 7) is 4.78. The maximum Gasteiger partial charge on any atom is 0.305 e. The van der Waals surface area contributed by atoms with Gasteiger partial charge in [-0.3, -0.25) is 9.59 Å². The number of rotatable bonds is 46. The van der Waals surface area contributed by atoms with E-state index in [0.717, 1.165) is 83.5 Å². The van der Waals surface area contributed by atoms with Crippen LogP contribution in [0.2, 0.25) is 0 Å². The van der Waals surface area contributed by atoms with Crippen molar-refractivity contribution in [3.8, 4) is 0 Å². The Labute approximate surface area is 360 Å². The monoisotopic (exact) mass is 816 g/mol. The molecule has 6 nitrogen and oxygen atoms in total. The SMILES string of the molecule is CCCC/C=C\CCCCCCCC(=O)OCCCC/C=C\CCCCCCCC(=O)NC(CO)C(O)/C=C/CCCCCCCCCCCCCCCCCCC. The third kappa shape index (κ3) is 43.7. The van der Waals surface area contributed by atoms with Gasteiger partial charge < -0.3 is 20.3 Å². The van der Waals surface area contributed by atoms with Gasteiger partial charge in [0.15, 0.2) is 0 Å². The van der Waals surface area contributed by atoms with Crippen molar-refractivity contribution in [2.75, 3.05) is 13.2 Å². The largest absolute Gasteiger partial charge is 0.466 e. The standard InChI is InChI=1S/C52H97NO5/c1-3-5-7-9-11-13-15-16-17-18-19-20-21-22-25-28-32-36-40-44-50(55)49(48-54)53-51(56)45-41-37-33-29-26-23-27-31-35-39-43-47-58-52(57)46-42-38-34-30-24-14-12-10-8-6-4-2/h10,12,27,31,40,44,49-50,54-55H,3-9,11,13-26,28-30,32-39,41-43,45-48H2,1-2H3,(H,53,56)/b12-10-,31-27-,44-40+. The molecule has 1 amide bonds. The highest BCUT2D eigenvalue weighted by atomic mass is 16.5. The molecular weight excluding hydrogens is 719 g/mol. The fourth-order valence-corrected chi connectivity index (χ4v) is 7.43. The average molecular weight is 816 g/mol. The zero-order valence-electron chi connectivity index (χ0n) is 38.5. The van der Waals surface area contributed by atoms with Crippen LogP contribution in [0.25, 0.3) is 0 Å². The van der Waals surface area contributed by atoms with Crippen LogP contribution in [0.3, 0.4) is 0 Å². The lowest BCUT2D eigenvalue weighted by Gasteiger charge is -2.20. The second kappa shape index (κ2) is 47.8. The molecule has 0 spiro atoms. The molecular formula is C52H97NO5. The van der Waals surface area contributed by atoms with Gasteiger partial charge in [-0.25, -0.2) is 0 Å². The van der Waals surface area contributed by atoms with Crippen molar-refractivity contribution in [1.82, 2.24) is 5.32 Å². The molecule has 2 unspecified atom stereocenters. The molecule has 0 radical (unpaired) electrons. The van der Waals surface area contributed by atoms with Crippen molar-refractivity contribution in [1.29, 1.82) is 0 Å². The Hall–Kier alpha value is -1.92. The van der Waals surface area contributed by atoms with Gasteiger partial charge in [0.1, 0.15) is 0 Å². The minimum absolute atomic E-state index is 0.0445. The van der Waals surface area contributed by atoms with E-state index in [0.29, 0.717) is 19.4 Å². The first-order chi connectivity index (χ1) is 28.5. The number of allylic oxidation sites excluding steroid dienone is 5. The highest BCUT2D eigenvalue weighted by Crippen LogP contribution is 2.15. The van der Waals surface area contributed by atoms with Crippen molar-refractivity contribution >= 4 is 11.9 Å². The molecule has 0 aromatic carbocycles. The number of unbranched alkanes of at least 4 members (excludes halogenated alkanes) is 31. The second-order valence-corrected chi connectivity index (χ2v) is 17.1. The molecule has 58 heavy (non-hydrogen) atoms. The smallest absolute Gasteiger partial charge is 0.305 e. The third-order valence-electron chi connectivity index (χ3n) is 11.4. The Morgan fingerprint density at radius 3 is 1.28 bits per heavy atom. The van der Waals surface area contributed by atoms with Crippen LogP contribution in [-0.2, 0) is 14.3 Å². The highest BCUT2D eigenvalue weighted by Gasteiger charge is 2.18. The van der Waals surface area contributed by atoms with Crippen LogP contribution in [0.15, 0.2) is 36.5 Å². The van der Waals surface area contributed by atoms with E-state index in [2.05, 4.69) is 43.5 Å². The molecule has 0 fully saturated rings. The predicted molar refractivity (Wildman–Crippen MR) is 250 cm³/mol. The number of aliphatic hydroxyl groups is 2. The number of esters is 1. The summed E-state index contributed by atoms with van der Waals surface area (Å²) in [4.78, 5) is 24.4. The molecule has 0 saturated heterocycles. The van der Waals surface area contributed by atoms with Crippen LogP contribution in [0.5, 0.6) is 0 Å². The molecule has 6 heteroatoms. The van der Waals surface area contributed by atoms with Crippen LogP contribution in [0, 0.1) is 0 Å². The lowest BCUT2D eigenvalue weighted by Crippen LogP contribution is -2.45. The topological polar surface area (TPSA) is 95.9 Å². The zero-order valence-corrected chi connectivity index (χ0v) is 38.5.